The van der Waals surface area contributed by atoms with E-state index in [0.717, 1.165) is 64.4 Å². The molecule has 0 saturated carbocycles. The van der Waals surface area contributed by atoms with Crippen LogP contribution in [0.15, 0.2) is 55.0 Å². The summed E-state index contributed by atoms with van der Waals surface area (Å²) in [6.45, 7) is 13.0. The van der Waals surface area contributed by atoms with E-state index in [1.165, 1.54) is 7.11 Å². The molecular formula is C41H53N7O5S. The number of thioether (sulfide) groups is 1. The van der Waals surface area contributed by atoms with Gasteiger partial charge in [-0.15, -0.1) is 11.8 Å². The first-order valence-corrected chi connectivity index (χ1v) is 19.7. The van der Waals surface area contributed by atoms with Crippen molar-refractivity contribution in [2.75, 3.05) is 26.0 Å². The number of benzene rings is 2. The average molecular weight is 756 g/mol. The molecule has 0 bridgehead atoms. The molecule has 288 valence electrons. The molecule has 2 fully saturated rings. The first-order valence-electron chi connectivity index (χ1n) is 18.6. The van der Waals surface area contributed by atoms with Crippen molar-refractivity contribution in [3.63, 3.8) is 0 Å². The average Bonchev–Trinajstić information content (AvgIpc) is 3.96. The van der Waals surface area contributed by atoms with Crippen molar-refractivity contribution < 1.29 is 24.2 Å². The molecule has 12 nitrogen and oxygen atoms in total. The number of nitrogens with one attached hydrogen (secondary N) is 3. The van der Waals surface area contributed by atoms with Gasteiger partial charge < -0.3 is 34.9 Å². The van der Waals surface area contributed by atoms with Gasteiger partial charge in [0.05, 0.1) is 53.4 Å². The fourth-order valence-corrected chi connectivity index (χ4v) is 8.12. The van der Waals surface area contributed by atoms with Crippen LogP contribution in [0, 0.1) is 23.7 Å². The number of rotatable bonds is 9. The summed E-state index contributed by atoms with van der Waals surface area (Å²) in [5.41, 5.74) is 4.80. The minimum Gasteiger partial charge on any atom is -0.453 e. The topological polar surface area (TPSA) is 157 Å². The van der Waals surface area contributed by atoms with Crippen LogP contribution in [0.1, 0.15) is 90.2 Å². The predicted octanol–water partition coefficient (Wildman–Crippen LogP) is 6.49. The van der Waals surface area contributed by atoms with Gasteiger partial charge in [-0.2, -0.15) is 0 Å². The Morgan fingerprint density at radius 1 is 1.06 bits per heavy atom. The molecule has 4 heterocycles. The number of amides is 3. The third-order valence-electron chi connectivity index (χ3n) is 9.36. The maximum atomic E-state index is 13.4. The molecule has 3 atom stereocenters. The van der Waals surface area contributed by atoms with E-state index in [9.17, 15) is 19.5 Å². The fraction of sp³-hybridized carbons (Fsp3) is 0.488. The summed E-state index contributed by atoms with van der Waals surface area (Å²) in [6.07, 6.45) is 5.77. The lowest BCUT2D eigenvalue weighted by Gasteiger charge is -2.29. The van der Waals surface area contributed by atoms with Crippen molar-refractivity contribution in [3.05, 3.63) is 71.9 Å². The monoisotopic (exact) mass is 755 g/mol. The number of carbonyl (C=O) groups excluding carboxylic acids is 3. The molecule has 2 aliphatic rings. The number of hydrogen-bond donors (Lipinski definition) is 4. The van der Waals surface area contributed by atoms with E-state index in [2.05, 4.69) is 46.0 Å². The molecule has 0 spiro atoms. The van der Waals surface area contributed by atoms with Crippen LogP contribution in [0.4, 0.5) is 4.79 Å². The highest BCUT2D eigenvalue weighted by Gasteiger charge is 2.37. The van der Waals surface area contributed by atoms with Crippen LogP contribution < -0.4 is 5.32 Å². The van der Waals surface area contributed by atoms with Crippen molar-refractivity contribution in [2.45, 2.75) is 90.3 Å². The van der Waals surface area contributed by atoms with E-state index in [1.807, 2.05) is 66.1 Å². The number of aromatic amines is 2. The number of methoxy groups -OCH3 is 1. The molecule has 0 radical (unpaired) electrons. The van der Waals surface area contributed by atoms with Gasteiger partial charge in [-0.05, 0) is 74.4 Å². The summed E-state index contributed by atoms with van der Waals surface area (Å²) in [5, 5.41) is 12.7. The summed E-state index contributed by atoms with van der Waals surface area (Å²) in [6, 6.07) is 13.0. The number of fused-ring (bicyclic) bond motifs is 1. The first kappa shape index (κ1) is 40.4. The van der Waals surface area contributed by atoms with E-state index >= 15 is 0 Å². The minimum atomic E-state index is -0.696. The second kappa shape index (κ2) is 18.0. The highest BCUT2D eigenvalue weighted by molar-refractivity contribution is 8.00. The Morgan fingerprint density at radius 3 is 2.43 bits per heavy atom. The van der Waals surface area contributed by atoms with Crippen LogP contribution in [0.25, 0.3) is 22.3 Å². The maximum absolute atomic E-state index is 13.4. The molecule has 2 aromatic heterocycles. The summed E-state index contributed by atoms with van der Waals surface area (Å²) in [7, 11) is 1.29. The lowest BCUT2D eigenvalue weighted by molar-refractivity contribution is -0.135. The molecule has 54 heavy (non-hydrogen) atoms. The second-order valence-electron chi connectivity index (χ2n) is 15.2. The number of aromatic nitrogens is 4. The van der Waals surface area contributed by atoms with Gasteiger partial charge in [0, 0.05) is 42.8 Å². The number of carbonyl (C=O) groups is 3. The zero-order valence-electron chi connectivity index (χ0n) is 32.3. The standard InChI is InChI=1S/C29H30N6O3.C12H23NO2S/c1-18(2)26(34-29(37)38-3)28(36)35-14-4-5-25(35)27-32-22-13-10-20(15-23(22)33-27)7-6-19-8-11-21(12-9-19)24-16-30-17-31-24;1-9(2)7-10(14)13-5-6-16-11(13)8-12(3,4)15/h8-13,15-18,25-26H,4-5,14H2,1-3H3,(H,30,31)(H,32,33)(H,34,37);9,11,15H,5-8H2,1-4H3. The van der Waals surface area contributed by atoms with Crippen LogP contribution in [0.5, 0.6) is 0 Å². The molecule has 2 aromatic carbocycles. The van der Waals surface area contributed by atoms with E-state index in [4.69, 9.17) is 9.72 Å². The Kier molecular flexibility index (Phi) is 13.5. The summed E-state index contributed by atoms with van der Waals surface area (Å²) >= 11 is 1.78. The van der Waals surface area contributed by atoms with Gasteiger partial charge in [0.25, 0.3) is 0 Å². The van der Waals surface area contributed by atoms with Crippen molar-refractivity contribution in [1.29, 1.82) is 0 Å². The molecular weight excluding hydrogens is 703 g/mol. The van der Waals surface area contributed by atoms with Gasteiger partial charge in [0.15, 0.2) is 0 Å². The first-order chi connectivity index (χ1) is 25.7. The molecule has 13 heteroatoms. The number of nitrogens with zero attached hydrogens (tertiary/aromatic N) is 4. The van der Waals surface area contributed by atoms with Gasteiger partial charge in [-0.3, -0.25) is 9.59 Å². The van der Waals surface area contributed by atoms with E-state index in [1.54, 1.807) is 38.1 Å². The highest BCUT2D eigenvalue weighted by atomic mass is 32.2. The number of aliphatic hydroxyl groups is 1. The van der Waals surface area contributed by atoms with Crippen molar-refractivity contribution in [3.8, 4) is 23.1 Å². The Hall–Kier alpha value is -4.80. The van der Waals surface area contributed by atoms with Crippen molar-refractivity contribution in [2.24, 2.45) is 11.8 Å². The number of H-pyrrole nitrogens is 2. The van der Waals surface area contributed by atoms with Crippen LogP contribution in [-0.2, 0) is 14.3 Å². The number of ether oxygens (including phenoxy) is 1. The predicted molar refractivity (Wildman–Crippen MR) is 212 cm³/mol. The molecule has 6 rings (SSSR count). The van der Waals surface area contributed by atoms with Gasteiger partial charge in [0.1, 0.15) is 11.9 Å². The van der Waals surface area contributed by atoms with E-state index in [-0.39, 0.29) is 29.1 Å². The number of imidazole rings is 2. The van der Waals surface area contributed by atoms with Crippen LogP contribution in [0.3, 0.4) is 0 Å². The minimum absolute atomic E-state index is 0.0821. The zero-order chi connectivity index (χ0) is 39.0. The number of likely N-dealkylation sites (tertiary alicyclic amines) is 1. The quantitative estimate of drug-likeness (QED) is 0.141. The van der Waals surface area contributed by atoms with Gasteiger partial charge in [0.2, 0.25) is 11.8 Å². The maximum Gasteiger partial charge on any atom is 0.407 e. The Balaban J connectivity index is 0.000000294. The molecule has 4 aromatic rings. The molecule has 0 aliphatic carbocycles. The van der Waals surface area contributed by atoms with Gasteiger partial charge in [-0.1, -0.05) is 51.7 Å². The summed E-state index contributed by atoms with van der Waals surface area (Å²) < 4.78 is 4.72. The number of hydrogen-bond acceptors (Lipinski definition) is 8. The molecule has 2 saturated heterocycles. The zero-order valence-corrected chi connectivity index (χ0v) is 33.1. The largest absolute Gasteiger partial charge is 0.453 e. The third kappa shape index (κ3) is 10.7. The van der Waals surface area contributed by atoms with E-state index in [0.29, 0.717) is 25.3 Å². The van der Waals surface area contributed by atoms with Gasteiger partial charge >= 0.3 is 6.09 Å². The van der Waals surface area contributed by atoms with E-state index < -0.39 is 17.7 Å². The Labute approximate surface area is 322 Å². The van der Waals surface area contributed by atoms with Crippen molar-refractivity contribution in [1.82, 2.24) is 35.1 Å². The smallest absolute Gasteiger partial charge is 0.407 e. The normalized spacial score (nSPS) is 17.6. The lowest BCUT2D eigenvalue weighted by atomic mass is 10.0. The summed E-state index contributed by atoms with van der Waals surface area (Å²) in [5.74, 6) is 8.61. The molecule has 3 amide bonds. The SMILES string of the molecule is CC(C)CC(=O)N1CCSC1CC(C)(C)O.COC(=O)NC(C(=O)N1CCCC1c1nc2ccc(C#Cc3ccc(-c4cnc[nH]4)cc3)cc2[nH]1)C(C)C. The second-order valence-corrected chi connectivity index (χ2v) is 16.5. The summed E-state index contributed by atoms with van der Waals surface area (Å²) in [4.78, 5) is 56.3. The van der Waals surface area contributed by atoms with Crippen LogP contribution in [0.2, 0.25) is 0 Å². The number of alkyl carbamates (subject to hydrolysis) is 1. The Bertz CT molecular complexity index is 1940. The van der Waals surface area contributed by atoms with Crippen LogP contribution in [-0.4, -0.2) is 95.7 Å². The van der Waals surface area contributed by atoms with Crippen LogP contribution >= 0.6 is 11.8 Å². The van der Waals surface area contributed by atoms with Gasteiger partial charge in [-0.25, -0.2) is 14.8 Å². The fourth-order valence-electron chi connectivity index (χ4n) is 6.62. The molecule has 2 aliphatic heterocycles. The molecule has 4 N–H and O–H groups in total. The van der Waals surface area contributed by atoms with Crippen molar-refractivity contribution >= 4 is 40.7 Å². The third-order valence-corrected chi connectivity index (χ3v) is 10.6. The molecule has 3 unspecified atom stereocenters. The lowest BCUT2D eigenvalue weighted by Crippen LogP contribution is -2.51. The Morgan fingerprint density at radius 2 is 1.78 bits per heavy atom. The highest BCUT2D eigenvalue weighted by Crippen LogP contribution is 2.33.